The number of carbonyl (C=O) groups is 2. The molecular formula is C23H28N4O3. The van der Waals surface area contributed by atoms with Crippen LogP contribution < -0.4 is 4.74 Å². The van der Waals surface area contributed by atoms with E-state index in [1.165, 1.54) is 4.90 Å². The van der Waals surface area contributed by atoms with Crippen LogP contribution >= 0.6 is 0 Å². The summed E-state index contributed by atoms with van der Waals surface area (Å²) in [5.74, 6) is 0.298. The van der Waals surface area contributed by atoms with E-state index < -0.39 is 0 Å². The van der Waals surface area contributed by atoms with Crippen molar-refractivity contribution in [3.05, 3.63) is 65.6 Å². The summed E-state index contributed by atoms with van der Waals surface area (Å²) in [5.41, 5.74) is 3.30. The largest absolute Gasteiger partial charge is 0.487 e. The van der Waals surface area contributed by atoms with Gasteiger partial charge >= 0.3 is 0 Å². The summed E-state index contributed by atoms with van der Waals surface area (Å²) in [7, 11) is 1.63. The van der Waals surface area contributed by atoms with Gasteiger partial charge in [0, 0.05) is 38.1 Å². The molecule has 0 aliphatic heterocycles. The van der Waals surface area contributed by atoms with Gasteiger partial charge in [0.2, 0.25) is 5.91 Å². The van der Waals surface area contributed by atoms with Crippen molar-refractivity contribution in [1.29, 1.82) is 0 Å². The van der Waals surface area contributed by atoms with Crippen molar-refractivity contribution in [2.45, 2.75) is 27.4 Å². The number of hydrogen-bond acceptors (Lipinski definition) is 4. The summed E-state index contributed by atoms with van der Waals surface area (Å²) in [5, 5.41) is 0. The monoisotopic (exact) mass is 408 g/mol. The minimum absolute atomic E-state index is 0.0479. The third-order valence-electron chi connectivity index (χ3n) is 4.95. The minimum Gasteiger partial charge on any atom is -0.487 e. The molecule has 2 heterocycles. The molecule has 0 saturated heterocycles. The summed E-state index contributed by atoms with van der Waals surface area (Å²) in [6, 6.07) is 11.0. The maximum Gasteiger partial charge on any atom is 0.254 e. The van der Waals surface area contributed by atoms with Crippen molar-refractivity contribution >= 4 is 17.5 Å². The number of amides is 2. The Morgan fingerprint density at radius 3 is 2.60 bits per heavy atom. The summed E-state index contributed by atoms with van der Waals surface area (Å²) >= 11 is 0. The highest BCUT2D eigenvalue weighted by Crippen LogP contribution is 2.17. The molecule has 3 rings (SSSR count). The lowest BCUT2D eigenvalue weighted by molar-refractivity contribution is -0.131. The van der Waals surface area contributed by atoms with Gasteiger partial charge in [0.25, 0.3) is 5.91 Å². The lowest BCUT2D eigenvalue weighted by Crippen LogP contribution is -2.41. The molecule has 2 amide bonds. The number of likely N-dealkylation sites (N-methyl/N-ethyl adjacent to an activating group) is 2. The van der Waals surface area contributed by atoms with Gasteiger partial charge in [-0.3, -0.25) is 9.59 Å². The number of ether oxygens (including phenoxy) is 1. The molecule has 0 bridgehead atoms. The van der Waals surface area contributed by atoms with Gasteiger partial charge in [0.1, 0.15) is 18.0 Å². The predicted molar refractivity (Wildman–Crippen MR) is 116 cm³/mol. The van der Waals surface area contributed by atoms with Crippen LogP contribution in [0.25, 0.3) is 5.65 Å². The second-order valence-electron chi connectivity index (χ2n) is 7.25. The lowest BCUT2D eigenvalue weighted by Gasteiger charge is -2.23. The molecule has 0 N–H and O–H groups in total. The first-order valence-electron chi connectivity index (χ1n) is 10.1. The number of imidazole rings is 1. The average molecular weight is 409 g/mol. The van der Waals surface area contributed by atoms with Crippen molar-refractivity contribution in [3.8, 4) is 5.75 Å². The van der Waals surface area contributed by atoms with E-state index in [1.54, 1.807) is 36.2 Å². The molecule has 0 unspecified atom stereocenters. The van der Waals surface area contributed by atoms with Crippen molar-refractivity contribution in [2.75, 3.05) is 26.7 Å². The topological polar surface area (TPSA) is 67.2 Å². The molecule has 7 nitrogen and oxygen atoms in total. The van der Waals surface area contributed by atoms with E-state index in [0.29, 0.717) is 31.0 Å². The number of rotatable bonds is 8. The Bertz CT molecular complexity index is 1040. The molecule has 0 fully saturated rings. The van der Waals surface area contributed by atoms with Crippen molar-refractivity contribution in [1.82, 2.24) is 19.2 Å². The Hall–Kier alpha value is -3.35. The summed E-state index contributed by atoms with van der Waals surface area (Å²) < 4.78 is 7.82. The quantitative estimate of drug-likeness (QED) is 0.574. The number of benzene rings is 1. The van der Waals surface area contributed by atoms with Crippen LogP contribution in [-0.2, 0) is 11.4 Å². The molecule has 0 aliphatic carbocycles. The third kappa shape index (κ3) is 4.97. The van der Waals surface area contributed by atoms with E-state index in [-0.39, 0.29) is 18.4 Å². The van der Waals surface area contributed by atoms with Gasteiger partial charge in [-0.1, -0.05) is 12.1 Å². The van der Waals surface area contributed by atoms with Gasteiger partial charge in [0.15, 0.2) is 0 Å². The standard InChI is InChI=1S/C23H28N4O3/c1-5-26(6-2)22(28)15-25(4)23(29)18-8-7-9-20(12-18)30-16-19-14-27-13-17(3)10-11-21(27)24-19/h7-14H,5-6,15-16H2,1-4H3. The Kier molecular flexibility index (Phi) is 6.72. The second kappa shape index (κ2) is 9.43. The highest BCUT2D eigenvalue weighted by Gasteiger charge is 2.18. The van der Waals surface area contributed by atoms with Gasteiger partial charge < -0.3 is 18.9 Å². The van der Waals surface area contributed by atoms with Crippen LogP contribution in [0.5, 0.6) is 5.75 Å². The number of nitrogens with zero attached hydrogens (tertiary/aromatic N) is 4. The van der Waals surface area contributed by atoms with Crippen LogP contribution in [0.1, 0.15) is 35.5 Å². The van der Waals surface area contributed by atoms with Crippen LogP contribution in [0, 0.1) is 6.92 Å². The van der Waals surface area contributed by atoms with Crippen molar-refractivity contribution in [3.63, 3.8) is 0 Å². The summed E-state index contributed by atoms with van der Waals surface area (Å²) in [6.07, 6.45) is 3.95. The zero-order chi connectivity index (χ0) is 21.7. The summed E-state index contributed by atoms with van der Waals surface area (Å²) in [6.45, 7) is 7.49. The SMILES string of the molecule is CCN(CC)C(=O)CN(C)C(=O)c1cccc(OCc2cn3cc(C)ccc3n2)c1. The number of aromatic nitrogens is 2. The minimum atomic E-state index is -0.218. The van der Waals surface area contributed by atoms with Crippen LogP contribution in [0.3, 0.4) is 0 Å². The molecule has 0 spiro atoms. The molecular weight excluding hydrogens is 380 g/mol. The fourth-order valence-corrected chi connectivity index (χ4v) is 3.27. The lowest BCUT2D eigenvalue weighted by atomic mass is 10.2. The molecule has 3 aromatic rings. The smallest absolute Gasteiger partial charge is 0.254 e. The number of pyridine rings is 1. The number of hydrogen-bond donors (Lipinski definition) is 0. The Morgan fingerprint density at radius 1 is 1.10 bits per heavy atom. The zero-order valence-electron chi connectivity index (χ0n) is 18.0. The number of carbonyl (C=O) groups excluding carboxylic acids is 2. The van der Waals surface area contributed by atoms with E-state index in [1.807, 2.05) is 49.7 Å². The molecule has 30 heavy (non-hydrogen) atoms. The third-order valence-corrected chi connectivity index (χ3v) is 4.95. The van der Waals surface area contributed by atoms with Crippen molar-refractivity contribution in [2.24, 2.45) is 0 Å². The second-order valence-corrected chi connectivity index (χ2v) is 7.25. The fourth-order valence-electron chi connectivity index (χ4n) is 3.27. The summed E-state index contributed by atoms with van der Waals surface area (Å²) in [4.78, 5) is 32.7. The van der Waals surface area contributed by atoms with E-state index in [2.05, 4.69) is 4.98 Å². The fraction of sp³-hybridized carbons (Fsp3) is 0.348. The average Bonchev–Trinajstić information content (AvgIpc) is 3.14. The Labute approximate surface area is 176 Å². The van der Waals surface area contributed by atoms with E-state index >= 15 is 0 Å². The highest BCUT2D eigenvalue weighted by atomic mass is 16.5. The predicted octanol–water partition coefficient (Wildman–Crippen LogP) is 3.16. The Balaban J connectivity index is 1.64. The molecule has 2 aromatic heterocycles. The van der Waals surface area contributed by atoms with Gasteiger partial charge in [0.05, 0.1) is 12.2 Å². The first-order valence-corrected chi connectivity index (χ1v) is 10.1. The first kappa shape index (κ1) is 21.4. The van der Waals surface area contributed by atoms with Gasteiger partial charge in [-0.25, -0.2) is 4.98 Å². The van der Waals surface area contributed by atoms with Gasteiger partial charge in [-0.2, -0.15) is 0 Å². The molecule has 158 valence electrons. The molecule has 1 aromatic carbocycles. The van der Waals surface area contributed by atoms with E-state index in [9.17, 15) is 9.59 Å². The molecule has 0 atom stereocenters. The van der Waals surface area contributed by atoms with Crippen LogP contribution in [0.2, 0.25) is 0 Å². The van der Waals surface area contributed by atoms with Crippen LogP contribution in [0.15, 0.2) is 48.8 Å². The maximum absolute atomic E-state index is 12.7. The van der Waals surface area contributed by atoms with Crippen LogP contribution in [-0.4, -0.2) is 57.7 Å². The van der Waals surface area contributed by atoms with Gasteiger partial charge in [-0.15, -0.1) is 0 Å². The van der Waals surface area contributed by atoms with Crippen LogP contribution in [0.4, 0.5) is 0 Å². The maximum atomic E-state index is 12.7. The molecule has 7 heteroatoms. The van der Waals surface area contributed by atoms with E-state index in [4.69, 9.17) is 4.74 Å². The molecule has 0 aliphatic rings. The zero-order valence-corrected chi connectivity index (χ0v) is 18.0. The number of aryl methyl sites for hydroxylation is 1. The van der Waals surface area contributed by atoms with Crippen molar-refractivity contribution < 1.29 is 14.3 Å². The van der Waals surface area contributed by atoms with Gasteiger partial charge in [-0.05, 0) is 50.6 Å². The highest BCUT2D eigenvalue weighted by molar-refractivity contribution is 5.96. The first-order chi connectivity index (χ1) is 14.4. The molecule has 0 saturated carbocycles. The normalized spacial score (nSPS) is 10.8. The van der Waals surface area contributed by atoms with E-state index in [0.717, 1.165) is 16.9 Å². The molecule has 0 radical (unpaired) electrons. The Morgan fingerprint density at radius 2 is 1.87 bits per heavy atom. The number of fused-ring (bicyclic) bond motifs is 1.